The number of aliphatic hydroxyl groups excluding tert-OH is 1. The molecule has 4 heterocycles. The van der Waals surface area contributed by atoms with Gasteiger partial charge in [0.25, 0.3) is 0 Å². The first-order valence-electron chi connectivity index (χ1n) is 12.1. The normalized spacial score (nSPS) is 24.3. The van der Waals surface area contributed by atoms with Gasteiger partial charge in [-0.1, -0.05) is 6.92 Å². The van der Waals surface area contributed by atoms with Gasteiger partial charge in [-0.15, -0.1) is 11.3 Å². The van der Waals surface area contributed by atoms with Crippen LogP contribution in [-0.4, -0.2) is 77.9 Å². The van der Waals surface area contributed by atoms with Crippen molar-refractivity contribution in [1.82, 2.24) is 20.2 Å². The Kier molecular flexibility index (Phi) is 7.50. The van der Waals surface area contributed by atoms with Crippen LogP contribution < -0.4 is 10.2 Å². The van der Waals surface area contributed by atoms with Gasteiger partial charge >= 0.3 is 0 Å². The Labute approximate surface area is 212 Å². The minimum atomic E-state index is -0.510. The number of aromatic nitrogens is 2. The number of hydrogen-bond acceptors (Lipinski definition) is 8. The summed E-state index contributed by atoms with van der Waals surface area (Å²) in [7, 11) is 0. The minimum absolute atomic E-state index is 0.185. The number of nitrogens with zero attached hydrogens (tertiary/aromatic N) is 4. The number of aliphatic hydroxyl groups is 1. The summed E-state index contributed by atoms with van der Waals surface area (Å²) in [4.78, 5) is 27.9. The monoisotopic (exact) mass is 549 g/mol. The number of thiophene rings is 1. The maximum Gasteiger partial charge on any atom is 0.232 e. The van der Waals surface area contributed by atoms with Crippen LogP contribution in [0.5, 0.6) is 0 Å². The van der Waals surface area contributed by atoms with Crippen LogP contribution in [0.15, 0.2) is 22.2 Å². The molecule has 0 aromatic carbocycles. The molecule has 8 nitrogen and oxygen atoms in total. The van der Waals surface area contributed by atoms with Crippen molar-refractivity contribution in [3.63, 3.8) is 0 Å². The number of carbonyl (C=O) groups is 1. The highest BCUT2D eigenvalue weighted by molar-refractivity contribution is 9.11. The zero-order chi connectivity index (χ0) is 23.7. The molecule has 1 amide bonds. The molecular weight excluding hydrogens is 518 g/mol. The largest absolute Gasteiger partial charge is 0.387 e. The van der Waals surface area contributed by atoms with Crippen LogP contribution in [-0.2, 0) is 9.53 Å². The molecule has 1 aliphatic carbocycles. The highest BCUT2D eigenvalue weighted by atomic mass is 79.9. The second-order valence-corrected chi connectivity index (χ2v) is 11.9. The summed E-state index contributed by atoms with van der Waals surface area (Å²) in [5, 5.41) is 14.0. The number of rotatable bonds is 6. The molecule has 2 N–H and O–H groups in total. The van der Waals surface area contributed by atoms with Crippen molar-refractivity contribution in [2.24, 2.45) is 0 Å². The van der Waals surface area contributed by atoms with Crippen molar-refractivity contribution >= 4 is 39.0 Å². The van der Waals surface area contributed by atoms with Crippen LogP contribution in [0.4, 0.5) is 5.82 Å². The Morgan fingerprint density at radius 1 is 1.26 bits per heavy atom. The summed E-state index contributed by atoms with van der Waals surface area (Å²) in [6.45, 7) is 7.11. The Morgan fingerprint density at radius 3 is 2.74 bits per heavy atom. The van der Waals surface area contributed by atoms with E-state index in [0.717, 1.165) is 64.9 Å². The number of nitrogens with one attached hydrogen (secondary N) is 1. The first-order valence-corrected chi connectivity index (χ1v) is 13.7. The molecule has 2 aliphatic heterocycles. The molecule has 2 aromatic rings. The number of carbonyl (C=O) groups excluding carboxylic acids is 1. The average Bonchev–Trinajstić information content (AvgIpc) is 3.42. The predicted octanol–water partition coefficient (Wildman–Crippen LogP) is 3.04. The van der Waals surface area contributed by atoms with Crippen molar-refractivity contribution in [1.29, 1.82) is 0 Å². The third-order valence-electron chi connectivity index (χ3n) is 7.24. The second-order valence-electron chi connectivity index (χ2n) is 9.45. The second kappa shape index (κ2) is 10.6. The molecule has 2 aromatic heterocycles. The fourth-order valence-electron chi connectivity index (χ4n) is 5.32. The van der Waals surface area contributed by atoms with Crippen molar-refractivity contribution in [2.75, 3.05) is 50.8 Å². The molecule has 184 valence electrons. The van der Waals surface area contributed by atoms with Crippen molar-refractivity contribution in [3.8, 4) is 0 Å². The quantitative estimate of drug-likeness (QED) is 0.572. The van der Waals surface area contributed by atoms with Crippen LogP contribution in [0.25, 0.3) is 0 Å². The summed E-state index contributed by atoms with van der Waals surface area (Å²) in [5.74, 6) is 1.15. The van der Waals surface area contributed by atoms with Crippen molar-refractivity contribution in [2.45, 2.75) is 50.2 Å². The number of ether oxygens (including phenoxy) is 1. The first-order chi connectivity index (χ1) is 16.5. The predicted molar refractivity (Wildman–Crippen MR) is 135 cm³/mol. The van der Waals surface area contributed by atoms with E-state index in [1.54, 1.807) is 17.7 Å². The number of piperazine rings is 1. The smallest absolute Gasteiger partial charge is 0.232 e. The maximum absolute atomic E-state index is 13.7. The number of halogens is 1. The summed E-state index contributed by atoms with van der Waals surface area (Å²) in [6.07, 6.45) is 3.72. The van der Waals surface area contributed by atoms with Gasteiger partial charge in [-0.05, 0) is 53.2 Å². The fourth-order valence-corrected chi connectivity index (χ4v) is 6.84. The van der Waals surface area contributed by atoms with E-state index >= 15 is 0 Å². The number of hydrogen-bond donors (Lipinski definition) is 2. The molecule has 3 aliphatic rings. The maximum atomic E-state index is 13.7. The Bertz CT molecular complexity index is 1010. The molecule has 10 heteroatoms. The lowest BCUT2D eigenvalue weighted by molar-refractivity contribution is -0.133. The van der Waals surface area contributed by atoms with Gasteiger partial charge in [0.2, 0.25) is 5.91 Å². The SMILES string of the molecule is C[C@@H]1C[C@@H](O)c2ncnc(N3CCN(C(=O)C(CNC4CCOCC4)c4ccc(Br)s4)CC3)c21. The summed E-state index contributed by atoms with van der Waals surface area (Å²) >= 11 is 5.20. The summed E-state index contributed by atoms with van der Waals surface area (Å²) < 4.78 is 6.52. The van der Waals surface area contributed by atoms with Gasteiger partial charge in [-0.25, -0.2) is 9.97 Å². The van der Waals surface area contributed by atoms with Crippen LogP contribution in [0.2, 0.25) is 0 Å². The Morgan fingerprint density at radius 2 is 2.03 bits per heavy atom. The van der Waals surface area contributed by atoms with E-state index in [-0.39, 0.29) is 17.7 Å². The highest BCUT2D eigenvalue weighted by Gasteiger charge is 2.35. The molecule has 1 unspecified atom stereocenters. The van der Waals surface area contributed by atoms with E-state index in [1.165, 1.54) is 0 Å². The zero-order valence-electron chi connectivity index (χ0n) is 19.5. The molecule has 0 radical (unpaired) electrons. The average molecular weight is 551 g/mol. The van der Waals surface area contributed by atoms with E-state index in [0.29, 0.717) is 32.1 Å². The number of anilines is 1. The number of amides is 1. The van der Waals surface area contributed by atoms with E-state index in [9.17, 15) is 9.90 Å². The first kappa shape index (κ1) is 24.1. The zero-order valence-corrected chi connectivity index (χ0v) is 21.9. The summed E-state index contributed by atoms with van der Waals surface area (Å²) in [6, 6.07) is 4.50. The highest BCUT2D eigenvalue weighted by Crippen LogP contribution is 2.42. The van der Waals surface area contributed by atoms with Gasteiger partial charge in [0, 0.05) is 62.4 Å². The molecule has 0 bridgehead atoms. The molecule has 2 saturated heterocycles. The molecule has 0 saturated carbocycles. The van der Waals surface area contributed by atoms with Gasteiger partial charge in [0.05, 0.1) is 21.5 Å². The molecular formula is C24H32BrN5O3S. The Balaban J connectivity index is 1.26. The van der Waals surface area contributed by atoms with Crippen LogP contribution in [0, 0.1) is 0 Å². The van der Waals surface area contributed by atoms with Crippen LogP contribution >= 0.6 is 27.3 Å². The lowest BCUT2D eigenvalue weighted by atomic mass is 10.0. The van der Waals surface area contributed by atoms with Crippen LogP contribution in [0.3, 0.4) is 0 Å². The number of fused-ring (bicyclic) bond motifs is 1. The van der Waals surface area contributed by atoms with E-state index in [1.807, 2.05) is 11.0 Å². The molecule has 0 spiro atoms. The van der Waals surface area contributed by atoms with Gasteiger partial charge in [0.15, 0.2) is 0 Å². The van der Waals surface area contributed by atoms with Gasteiger partial charge in [-0.2, -0.15) is 0 Å². The van der Waals surface area contributed by atoms with Crippen LogP contribution in [0.1, 0.15) is 60.3 Å². The van der Waals surface area contributed by atoms with Gasteiger partial charge in [-0.3, -0.25) is 4.79 Å². The lowest BCUT2D eigenvalue weighted by Gasteiger charge is -2.38. The third-order valence-corrected chi connectivity index (χ3v) is 8.97. The molecule has 5 rings (SSSR count). The Hall–Kier alpha value is -1.59. The van der Waals surface area contributed by atoms with Crippen molar-refractivity contribution < 1.29 is 14.6 Å². The molecule has 3 atom stereocenters. The summed E-state index contributed by atoms with van der Waals surface area (Å²) in [5.41, 5.74) is 1.83. The molecule has 34 heavy (non-hydrogen) atoms. The third kappa shape index (κ3) is 5.02. The van der Waals surface area contributed by atoms with E-state index in [2.05, 4.69) is 49.1 Å². The standard InChI is InChI=1S/C24H32BrN5O3S/c1-15-12-18(31)22-21(15)23(28-14-27-22)29-6-8-30(9-7-29)24(32)17(19-2-3-20(25)34-19)13-26-16-4-10-33-11-5-16/h2-3,14-18,26,31H,4-13H2,1H3/t15-,17?,18-/m1/s1. The lowest BCUT2D eigenvalue weighted by Crippen LogP contribution is -2.51. The topological polar surface area (TPSA) is 90.8 Å². The van der Waals surface area contributed by atoms with Gasteiger partial charge < -0.3 is 25.0 Å². The minimum Gasteiger partial charge on any atom is -0.387 e. The fraction of sp³-hybridized carbons (Fsp3) is 0.625. The van der Waals surface area contributed by atoms with E-state index in [4.69, 9.17) is 4.74 Å². The van der Waals surface area contributed by atoms with Gasteiger partial charge in [0.1, 0.15) is 12.1 Å². The molecule has 2 fully saturated rings. The van der Waals surface area contributed by atoms with Crippen molar-refractivity contribution in [3.05, 3.63) is 38.4 Å². The van der Waals surface area contributed by atoms with E-state index < -0.39 is 6.10 Å².